The van der Waals surface area contributed by atoms with Crippen molar-refractivity contribution >= 4 is 0 Å². The molecule has 1 aliphatic heterocycles. The molecular weight excluding hydrogens is 320 g/mol. The fourth-order valence-corrected chi connectivity index (χ4v) is 3.17. The third kappa shape index (κ3) is 2.57. The molecule has 1 aromatic heterocycles. The molecule has 2 unspecified atom stereocenters. The number of nitrogens with zero attached hydrogens (tertiary/aromatic N) is 2. The molecule has 6 heteroatoms. The van der Waals surface area contributed by atoms with Crippen molar-refractivity contribution in [3.05, 3.63) is 58.0 Å². The van der Waals surface area contributed by atoms with Gasteiger partial charge in [-0.1, -0.05) is 0 Å². The summed E-state index contributed by atoms with van der Waals surface area (Å²) in [4.78, 5) is 12.6. The molecule has 0 aliphatic carbocycles. The van der Waals surface area contributed by atoms with Gasteiger partial charge in [0.2, 0.25) is 0 Å². The highest BCUT2D eigenvalue weighted by Gasteiger charge is 2.53. The van der Waals surface area contributed by atoms with Crippen LogP contribution >= 0.6 is 0 Å². The van der Waals surface area contributed by atoms with E-state index >= 15 is 0 Å². The first-order valence-electron chi connectivity index (χ1n) is 7.93. The molecule has 1 aliphatic rings. The fourth-order valence-electron chi connectivity index (χ4n) is 3.17. The number of ether oxygens (including phenoxy) is 2. The van der Waals surface area contributed by atoms with Crippen LogP contribution in [0.2, 0.25) is 0 Å². The number of fused-ring (bicyclic) bond motifs is 1. The first-order valence-corrected chi connectivity index (χ1v) is 7.93. The second-order valence-corrected chi connectivity index (χ2v) is 6.84. The Morgan fingerprint density at radius 1 is 1.28 bits per heavy atom. The van der Waals surface area contributed by atoms with E-state index in [9.17, 15) is 15.2 Å². The van der Waals surface area contributed by atoms with Crippen LogP contribution in [-0.2, 0) is 0 Å². The summed E-state index contributed by atoms with van der Waals surface area (Å²) in [5.41, 5.74) is -1.62. The zero-order valence-electron chi connectivity index (χ0n) is 14.6. The topological polar surface area (TPSA) is 84.5 Å². The lowest BCUT2D eigenvalue weighted by Gasteiger charge is -2.49. The number of rotatable bonds is 2. The Morgan fingerprint density at radius 3 is 2.60 bits per heavy atom. The van der Waals surface area contributed by atoms with Gasteiger partial charge in [-0.05, 0) is 45.0 Å². The van der Waals surface area contributed by atoms with Gasteiger partial charge in [0.05, 0.1) is 24.8 Å². The number of hydrogen-bond acceptors (Lipinski definition) is 5. The number of pyridine rings is 1. The average Bonchev–Trinajstić information content (AvgIpc) is 2.56. The average molecular weight is 340 g/mol. The lowest BCUT2D eigenvalue weighted by molar-refractivity contribution is -0.139. The molecule has 0 bridgehead atoms. The summed E-state index contributed by atoms with van der Waals surface area (Å²) in [6, 6.07) is 9.41. The third-order valence-corrected chi connectivity index (χ3v) is 4.98. The molecule has 0 amide bonds. The molecule has 130 valence electrons. The molecule has 2 atom stereocenters. The van der Waals surface area contributed by atoms with E-state index in [0.29, 0.717) is 22.6 Å². The smallest absolute Gasteiger partial charge is 0.254 e. The highest BCUT2D eigenvalue weighted by Crippen LogP contribution is 2.47. The maximum atomic E-state index is 12.6. The summed E-state index contributed by atoms with van der Waals surface area (Å²) < 4.78 is 12.5. The van der Waals surface area contributed by atoms with E-state index in [4.69, 9.17) is 9.47 Å². The van der Waals surface area contributed by atoms with E-state index in [-0.39, 0.29) is 5.56 Å². The van der Waals surface area contributed by atoms with Crippen LogP contribution in [0.4, 0.5) is 0 Å². The van der Waals surface area contributed by atoms with Gasteiger partial charge in [0.15, 0.2) is 0 Å². The molecule has 25 heavy (non-hydrogen) atoms. The van der Waals surface area contributed by atoms with Gasteiger partial charge in [0.1, 0.15) is 22.7 Å². The fraction of sp³-hybridized carbons (Fsp3) is 0.368. The molecule has 0 spiro atoms. The predicted molar refractivity (Wildman–Crippen MR) is 91.9 cm³/mol. The minimum Gasteiger partial charge on any atom is -0.497 e. The largest absolute Gasteiger partial charge is 0.497 e. The maximum absolute atomic E-state index is 12.6. The lowest BCUT2D eigenvalue weighted by atomic mass is 9.75. The monoisotopic (exact) mass is 340 g/mol. The molecule has 0 saturated heterocycles. The number of methoxy groups -OCH3 is 1. The van der Waals surface area contributed by atoms with Crippen molar-refractivity contribution < 1.29 is 14.6 Å². The summed E-state index contributed by atoms with van der Waals surface area (Å²) in [7, 11) is 1.49. The normalized spacial score (nSPS) is 23.9. The number of aromatic nitrogens is 1. The molecule has 3 rings (SSSR count). The molecule has 0 saturated carbocycles. The van der Waals surface area contributed by atoms with E-state index in [1.807, 2.05) is 0 Å². The Labute approximate surface area is 145 Å². The Bertz CT molecular complexity index is 922. The molecule has 0 fully saturated rings. The number of hydrogen-bond donors (Lipinski definition) is 1. The molecule has 1 aromatic carbocycles. The van der Waals surface area contributed by atoms with Gasteiger partial charge in [-0.15, -0.1) is 0 Å². The van der Waals surface area contributed by atoms with Gasteiger partial charge in [-0.25, -0.2) is 0 Å². The van der Waals surface area contributed by atoms with Gasteiger partial charge in [0, 0.05) is 17.8 Å². The first-order chi connectivity index (χ1) is 11.7. The van der Waals surface area contributed by atoms with Crippen LogP contribution in [0.15, 0.2) is 41.3 Å². The van der Waals surface area contributed by atoms with Crippen molar-refractivity contribution in [1.29, 1.82) is 5.26 Å². The summed E-state index contributed by atoms with van der Waals surface area (Å²) in [6.07, 6.45) is 1.59. The summed E-state index contributed by atoms with van der Waals surface area (Å²) >= 11 is 0. The van der Waals surface area contributed by atoms with E-state index in [1.165, 1.54) is 17.7 Å². The van der Waals surface area contributed by atoms with Crippen molar-refractivity contribution in [2.45, 2.75) is 38.0 Å². The van der Waals surface area contributed by atoms with Crippen molar-refractivity contribution in [2.75, 3.05) is 7.11 Å². The van der Waals surface area contributed by atoms with Crippen molar-refractivity contribution in [3.63, 3.8) is 0 Å². The molecule has 2 heterocycles. The van der Waals surface area contributed by atoms with Crippen LogP contribution in [0.1, 0.15) is 37.9 Å². The van der Waals surface area contributed by atoms with Gasteiger partial charge in [-0.2, -0.15) is 5.26 Å². The Morgan fingerprint density at radius 2 is 2.00 bits per heavy atom. The number of benzene rings is 1. The highest BCUT2D eigenvalue weighted by atomic mass is 16.5. The quantitative estimate of drug-likeness (QED) is 0.906. The van der Waals surface area contributed by atoms with E-state index < -0.39 is 17.2 Å². The Hall–Kier alpha value is -2.78. The minimum atomic E-state index is -1.40. The lowest BCUT2D eigenvalue weighted by Crippen LogP contribution is -2.60. The van der Waals surface area contributed by atoms with Crippen LogP contribution in [0.3, 0.4) is 0 Å². The molecule has 0 radical (unpaired) electrons. The van der Waals surface area contributed by atoms with Crippen molar-refractivity contribution in [2.24, 2.45) is 0 Å². The van der Waals surface area contributed by atoms with Crippen molar-refractivity contribution in [1.82, 2.24) is 4.57 Å². The van der Waals surface area contributed by atoms with Gasteiger partial charge < -0.3 is 19.1 Å². The first kappa shape index (κ1) is 17.1. The van der Waals surface area contributed by atoms with Crippen molar-refractivity contribution in [3.8, 4) is 17.6 Å². The summed E-state index contributed by atoms with van der Waals surface area (Å²) in [5.74, 6) is 0.987. The minimum absolute atomic E-state index is 0.310. The third-order valence-electron chi connectivity index (χ3n) is 4.98. The highest BCUT2D eigenvalue weighted by molar-refractivity contribution is 5.48. The SMILES string of the molecule is COc1ccn(C2c3cc(C#N)ccc3OC(C)(C)C2(C)O)c(=O)c1. The second kappa shape index (κ2) is 5.64. The van der Waals surface area contributed by atoms with E-state index in [2.05, 4.69) is 6.07 Å². The Kier molecular flexibility index (Phi) is 3.85. The molecule has 2 aromatic rings. The van der Waals surface area contributed by atoms with E-state index in [0.717, 1.165) is 0 Å². The zero-order valence-corrected chi connectivity index (χ0v) is 14.6. The van der Waals surface area contributed by atoms with Crippen LogP contribution in [0, 0.1) is 11.3 Å². The van der Waals surface area contributed by atoms with Crippen LogP contribution in [-0.4, -0.2) is 28.0 Å². The summed E-state index contributed by atoms with van der Waals surface area (Å²) in [6.45, 7) is 5.18. The van der Waals surface area contributed by atoms with Gasteiger partial charge in [-0.3, -0.25) is 4.79 Å². The van der Waals surface area contributed by atoms with Gasteiger partial charge >= 0.3 is 0 Å². The number of aliphatic hydroxyl groups is 1. The van der Waals surface area contributed by atoms with Gasteiger partial charge in [0.25, 0.3) is 5.56 Å². The maximum Gasteiger partial charge on any atom is 0.254 e. The molecular formula is C19H20N2O4. The van der Waals surface area contributed by atoms with E-state index in [1.54, 1.807) is 51.2 Å². The molecule has 6 nitrogen and oxygen atoms in total. The summed E-state index contributed by atoms with van der Waals surface area (Å²) in [5, 5.41) is 20.5. The Balaban J connectivity index is 2.29. The standard InChI is InChI=1S/C19H20N2O4/c1-18(2)19(3,23)17(21-8-7-13(24-4)10-16(21)22)14-9-12(11-20)5-6-15(14)25-18/h5-10,17,23H,1-4H3. The van der Waals surface area contributed by atoms with Crippen LogP contribution in [0.25, 0.3) is 0 Å². The van der Waals surface area contributed by atoms with Crippen LogP contribution in [0.5, 0.6) is 11.5 Å². The predicted octanol–water partition coefficient (Wildman–Crippen LogP) is 2.24. The second-order valence-electron chi connectivity index (χ2n) is 6.84. The molecule has 1 N–H and O–H groups in total. The number of nitriles is 1. The van der Waals surface area contributed by atoms with Crippen LogP contribution < -0.4 is 15.0 Å². The zero-order chi connectivity index (χ0) is 18.4.